The van der Waals surface area contributed by atoms with Gasteiger partial charge in [-0.05, 0) is 42.3 Å². The zero-order chi connectivity index (χ0) is 22.4. The van der Waals surface area contributed by atoms with Gasteiger partial charge in [0.15, 0.2) is 0 Å². The summed E-state index contributed by atoms with van der Waals surface area (Å²) in [6.45, 7) is 3.35. The van der Waals surface area contributed by atoms with E-state index in [2.05, 4.69) is 26.1 Å². The lowest BCUT2D eigenvalue weighted by Gasteiger charge is -2.16. The van der Waals surface area contributed by atoms with Crippen LogP contribution in [0.2, 0.25) is 0 Å². The summed E-state index contributed by atoms with van der Waals surface area (Å²) in [5.74, 6) is -2.42. The average molecular weight is 423 g/mol. The number of urea groups is 1. The van der Waals surface area contributed by atoms with E-state index in [0.29, 0.717) is 16.9 Å². The molecule has 0 aliphatic rings. The summed E-state index contributed by atoms with van der Waals surface area (Å²) in [5.41, 5.74) is 1.76. The Bertz CT molecular complexity index is 1060. The number of carboxylic acid groups (broad SMARTS) is 1. The van der Waals surface area contributed by atoms with Gasteiger partial charge in [-0.25, -0.2) is 9.59 Å². The van der Waals surface area contributed by atoms with Gasteiger partial charge >= 0.3 is 23.8 Å². The normalized spacial score (nSPS) is 11.6. The van der Waals surface area contributed by atoms with Crippen molar-refractivity contribution in [2.75, 3.05) is 10.6 Å². The smallest absolute Gasteiger partial charge is 0.326 e. The Morgan fingerprint density at radius 2 is 1.55 bits per heavy atom. The third-order valence-corrected chi connectivity index (χ3v) is 4.27. The predicted molar refractivity (Wildman–Crippen MR) is 113 cm³/mol. The number of aliphatic carboxylic acids is 1. The van der Waals surface area contributed by atoms with E-state index in [1.54, 1.807) is 50.2 Å². The Morgan fingerprint density at radius 1 is 0.935 bits per heavy atom. The van der Waals surface area contributed by atoms with Crippen molar-refractivity contribution in [3.63, 3.8) is 0 Å². The van der Waals surface area contributed by atoms with Gasteiger partial charge in [0.2, 0.25) is 5.82 Å². The quantitative estimate of drug-likeness (QED) is 0.456. The predicted octanol–water partition coefficient (Wildman–Crippen LogP) is 3.22. The molecule has 0 bridgehead atoms. The second-order valence-electron chi connectivity index (χ2n) is 6.98. The van der Waals surface area contributed by atoms with Crippen LogP contribution in [0.3, 0.4) is 0 Å². The molecule has 1 atom stereocenters. The number of amides is 3. The Balaban J connectivity index is 1.62. The van der Waals surface area contributed by atoms with Gasteiger partial charge in [0.05, 0.1) is 0 Å². The zero-order valence-electron chi connectivity index (χ0n) is 16.8. The van der Waals surface area contributed by atoms with Crippen LogP contribution in [-0.2, 0) is 4.79 Å². The number of rotatable bonds is 7. The van der Waals surface area contributed by atoms with Crippen LogP contribution in [0.25, 0.3) is 11.4 Å². The molecule has 3 aromatic rings. The summed E-state index contributed by atoms with van der Waals surface area (Å²) in [6, 6.07) is 14.2. The van der Waals surface area contributed by atoms with Gasteiger partial charge in [-0.15, -0.1) is 0 Å². The molecule has 3 amide bonds. The SMILES string of the molecule is CC(C)C(NC(=O)c1nc(-c2ccc(NC(=O)Nc3ccccc3)cc2)no1)C(=O)O. The van der Waals surface area contributed by atoms with E-state index < -0.39 is 23.9 Å². The van der Waals surface area contributed by atoms with E-state index in [1.807, 2.05) is 18.2 Å². The molecule has 0 radical (unpaired) electrons. The lowest BCUT2D eigenvalue weighted by atomic mass is 10.1. The minimum absolute atomic E-state index is 0.154. The van der Waals surface area contributed by atoms with Gasteiger partial charge in [0.1, 0.15) is 6.04 Å². The second kappa shape index (κ2) is 9.53. The Labute approximate surface area is 177 Å². The molecule has 31 heavy (non-hydrogen) atoms. The molecule has 4 N–H and O–H groups in total. The average Bonchev–Trinajstić information content (AvgIpc) is 3.23. The summed E-state index contributed by atoms with van der Waals surface area (Å²) in [7, 11) is 0. The van der Waals surface area contributed by atoms with Crippen LogP contribution in [0, 0.1) is 5.92 Å². The number of aromatic nitrogens is 2. The maximum atomic E-state index is 12.2. The van der Waals surface area contributed by atoms with E-state index in [4.69, 9.17) is 4.52 Å². The topological polar surface area (TPSA) is 146 Å². The van der Waals surface area contributed by atoms with Crippen molar-refractivity contribution < 1.29 is 24.0 Å². The fourth-order valence-electron chi connectivity index (χ4n) is 2.67. The highest BCUT2D eigenvalue weighted by atomic mass is 16.5. The fraction of sp³-hybridized carbons (Fsp3) is 0.190. The van der Waals surface area contributed by atoms with Crippen LogP contribution in [0.4, 0.5) is 16.2 Å². The van der Waals surface area contributed by atoms with Crippen LogP contribution < -0.4 is 16.0 Å². The Kier molecular flexibility index (Phi) is 6.61. The number of benzene rings is 2. The van der Waals surface area contributed by atoms with Gasteiger partial charge in [-0.1, -0.05) is 37.2 Å². The molecule has 10 heteroatoms. The van der Waals surface area contributed by atoms with Gasteiger partial charge in [0.25, 0.3) is 0 Å². The molecule has 10 nitrogen and oxygen atoms in total. The van der Waals surface area contributed by atoms with Crippen molar-refractivity contribution >= 4 is 29.3 Å². The van der Waals surface area contributed by atoms with Gasteiger partial charge in [-0.3, -0.25) is 4.79 Å². The molecule has 0 saturated carbocycles. The van der Waals surface area contributed by atoms with Gasteiger partial charge in [0, 0.05) is 16.9 Å². The molecule has 160 valence electrons. The number of nitrogens with one attached hydrogen (secondary N) is 3. The van der Waals surface area contributed by atoms with Crippen molar-refractivity contribution in [1.82, 2.24) is 15.5 Å². The number of hydrogen-bond donors (Lipinski definition) is 4. The Morgan fingerprint density at radius 3 is 2.13 bits per heavy atom. The molecule has 0 aliphatic heterocycles. The molecule has 1 aromatic heterocycles. The highest BCUT2D eigenvalue weighted by Gasteiger charge is 2.26. The number of anilines is 2. The Hall–Kier alpha value is -4.21. The first-order chi connectivity index (χ1) is 14.8. The van der Waals surface area contributed by atoms with E-state index in [1.165, 1.54) is 0 Å². The molecule has 0 aliphatic carbocycles. The molecule has 1 unspecified atom stereocenters. The lowest BCUT2D eigenvalue weighted by Crippen LogP contribution is -2.44. The number of para-hydroxylation sites is 1. The van der Waals surface area contributed by atoms with E-state index in [9.17, 15) is 19.5 Å². The highest BCUT2D eigenvalue weighted by Crippen LogP contribution is 2.19. The van der Waals surface area contributed by atoms with Crippen molar-refractivity contribution in [3.05, 3.63) is 60.5 Å². The molecule has 1 heterocycles. The molecule has 0 fully saturated rings. The summed E-state index contributed by atoms with van der Waals surface area (Å²) >= 11 is 0. The minimum atomic E-state index is -1.15. The first-order valence-corrected chi connectivity index (χ1v) is 9.44. The molecular formula is C21H21N5O5. The van der Waals surface area contributed by atoms with Crippen molar-refractivity contribution in [2.24, 2.45) is 5.92 Å². The standard InChI is InChI=1S/C21H21N5O5/c1-12(2)16(20(28)29)24-18(27)19-25-17(26-31-19)13-8-10-15(11-9-13)23-21(30)22-14-6-4-3-5-7-14/h3-12,16H,1-2H3,(H,24,27)(H,28,29)(H2,22,23,30). The molecule has 3 rings (SSSR count). The number of nitrogens with zero attached hydrogens (tertiary/aromatic N) is 2. The number of hydrogen-bond acceptors (Lipinski definition) is 6. The van der Waals surface area contributed by atoms with Crippen molar-refractivity contribution in [2.45, 2.75) is 19.9 Å². The first-order valence-electron chi connectivity index (χ1n) is 9.44. The largest absolute Gasteiger partial charge is 0.480 e. The van der Waals surface area contributed by atoms with Crippen LogP contribution in [0.5, 0.6) is 0 Å². The zero-order valence-corrected chi connectivity index (χ0v) is 16.8. The van der Waals surface area contributed by atoms with Crippen molar-refractivity contribution in [3.8, 4) is 11.4 Å². The minimum Gasteiger partial charge on any atom is -0.480 e. The summed E-state index contributed by atoms with van der Waals surface area (Å²) in [4.78, 5) is 39.5. The first kappa shape index (κ1) is 21.5. The summed E-state index contributed by atoms with van der Waals surface area (Å²) < 4.78 is 4.96. The second-order valence-corrected chi connectivity index (χ2v) is 6.98. The highest BCUT2D eigenvalue weighted by molar-refractivity contribution is 5.99. The third-order valence-electron chi connectivity index (χ3n) is 4.27. The molecular weight excluding hydrogens is 402 g/mol. The van der Waals surface area contributed by atoms with Crippen LogP contribution >= 0.6 is 0 Å². The van der Waals surface area contributed by atoms with Gasteiger partial charge in [-0.2, -0.15) is 4.98 Å². The van der Waals surface area contributed by atoms with E-state index in [-0.39, 0.29) is 17.6 Å². The maximum absolute atomic E-state index is 12.2. The monoisotopic (exact) mass is 423 g/mol. The third kappa shape index (κ3) is 5.66. The number of carbonyl (C=O) groups is 3. The maximum Gasteiger partial charge on any atom is 0.326 e. The number of carbonyl (C=O) groups excluding carboxylic acids is 2. The van der Waals surface area contributed by atoms with Crippen molar-refractivity contribution in [1.29, 1.82) is 0 Å². The molecule has 0 saturated heterocycles. The summed E-state index contributed by atoms with van der Waals surface area (Å²) in [5, 5.41) is 20.7. The fourth-order valence-corrected chi connectivity index (χ4v) is 2.67. The lowest BCUT2D eigenvalue weighted by molar-refractivity contribution is -0.140. The van der Waals surface area contributed by atoms with Gasteiger partial charge < -0.3 is 25.6 Å². The molecule has 2 aromatic carbocycles. The van der Waals surface area contributed by atoms with Crippen LogP contribution in [0.1, 0.15) is 24.5 Å². The number of carboxylic acids is 1. The van der Waals surface area contributed by atoms with E-state index in [0.717, 1.165) is 0 Å². The molecule has 0 spiro atoms. The van der Waals surface area contributed by atoms with Crippen LogP contribution in [-0.4, -0.2) is 39.2 Å². The van der Waals surface area contributed by atoms with Crippen LogP contribution in [0.15, 0.2) is 59.1 Å². The summed E-state index contributed by atoms with van der Waals surface area (Å²) in [6.07, 6.45) is 0. The van der Waals surface area contributed by atoms with E-state index >= 15 is 0 Å².